The number of nitrogens with one attached hydrogen (secondary N) is 2. The van der Waals surface area contributed by atoms with Gasteiger partial charge >= 0.3 is 0 Å². The summed E-state index contributed by atoms with van der Waals surface area (Å²) in [5, 5.41) is 6.78. The molecule has 1 atom stereocenters. The van der Waals surface area contributed by atoms with Crippen LogP contribution in [0.2, 0.25) is 5.02 Å². The molecule has 3 rings (SSSR count). The molecule has 0 saturated heterocycles. The Labute approximate surface area is 138 Å². The van der Waals surface area contributed by atoms with Crippen molar-refractivity contribution in [1.82, 2.24) is 10.0 Å². The molecule has 0 fully saturated rings. The molecule has 2 N–H and O–H groups in total. The molecule has 1 aromatic rings. The van der Waals surface area contributed by atoms with E-state index in [1.165, 1.54) is 18.2 Å². The van der Waals surface area contributed by atoms with Crippen LogP contribution in [0.15, 0.2) is 47.4 Å². The number of hydrazine groups is 1. The van der Waals surface area contributed by atoms with E-state index in [-0.39, 0.29) is 11.4 Å². The van der Waals surface area contributed by atoms with Gasteiger partial charge in [0.05, 0.1) is 5.69 Å². The molecular formula is C15H16ClFN5O+. The number of fused-ring (bicyclic) bond motifs is 1. The first kappa shape index (κ1) is 15.7. The molecule has 8 heteroatoms. The Kier molecular flexibility index (Phi) is 4.16. The van der Waals surface area contributed by atoms with Gasteiger partial charge in [0, 0.05) is 31.4 Å². The number of hydrogen-bond acceptors (Lipinski definition) is 4. The van der Waals surface area contributed by atoms with Gasteiger partial charge < -0.3 is 5.32 Å². The third-order valence-electron chi connectivity index (χ3n) is 3.54. The standard InChI is InChI=1S/C15H15ClFN5O/c1-20(2)22-6-5-14-18-13(8-21(14)9-22)15(23)19-12-7-10(16)3-4-11(12)17/h3-8H,9H2,1-2H3,(H,19,23)/p+1. The molecule has 1 aromatic carbocycles. The maximum atomic E-state index is 13.7. The van der Waals surface area contributed by atoms with Gasteiger partial charge in [-0.15, -0.1) is 0 Å². The first-order valence-corrected chi connectivity index (χ1v) is 7.37. The highest BCUT2D eigenvalue weighted by molar-refractivity contribution is 6.31. The molecule has 2 aliphatic heterocycles. The predicted molar refractivity (Wildman–Crippen MR) is 86.1 cm³/mol. The van der Waals surface area contributed by atoms with Crippen molar-refractivity contribution in [1.29, 1.82) is 0 Å². The lowest BCUT2D eigenvalue weighted by molar-refractivity contribution is -0.762. The minimum absolute atomic E-state index is 0.0360. The van der Waals surface area contributed by atoms with Crippen LogP contribution in [-0.2, 0) is 4.79 Å². The van der Waals surface area contributed by atoms with E-state index in [1.807, 2.05) is 36.4 Å². The monoisotopic (exact) mass is 336 g/mol. The van der Waals surface area contributed by atoms with E-state index in [9.17, 15) is 9.18 Å². The van der Waals surface area contributed by atoms with Crippen molar-refractivity contribution in [3.05, 3.63) is 53.2 Å². The number of rotatable bonds is 3. The van der Waals surface area contributed by atoms with E-state index in [0.717, 1.165) is 10.7 Å². The average Bonchev–Trinajstić information content (AvgIpc) is 2.94. The number of nitrogens with zero attached hydrogens (tertiary/aromatic N) is 3. The number of hydrogen-bond donors (Lipinski definition) is 2. The van der Waals surface area contributed by atoms with Crippen molar-refractivity contribution < 1.29 is 14.1 Å². The maximum absolute atomic E-state index is 13.7. The molecule has 1 unspecified atom stereocenters. The Morgan fingerprint density at radius 2 is 2.26 bits per heavy atom. The summed E-state index contributed by atoms with van der Waals surface area (Å²) in [6.07, 6.45) is 5.45. The van der Waals surface area contributed by atoms with Gasteiger partial charge in [0.15, 0.2) is 12.4 Å². The zero-order valence-corrected chi connectivity index (χ0v) is 13.4. The Morgan fingerprint density at radius 1 is 1.48 bits per heavy atom. The average molecular weight is 337 g/mol. The lowest BCUT2D eigenvalue weighted by Crippen LogP contribution is -3.11. The van der Waals surface area contributed by atoms with Gasteiger partial charge in [-0.05, 0) is 18.2 Å². The van der Waals surface area contributed by atoms with Crippen LogP contribution in [0.5, 0.6) is 0 Å². The summed E-state index contributed by atoms with van der Waals surface area (Å²) in [6.45, 7) is 0.630. The van der Waals surface area contributed by atoms with Crippen LogP contribution < -0.4 is 10.2 Å². The van der Waals surface area contributed by atoms with Gasteiger partial charge in [-0.1, -0.05) is 11.6 Å². The lowest BCUT2D eigenvalue weighted by Gasteiger charge is -2.30. The second kappa shape index (κ2) is 6.11. The summed E-state index contributed by atoms with van der Waals surface area (Å²) in [7, 11) is 3.86. The summed E-state index contributed by atoms with van der Waals surface area (Å²) < 4.78 is 13.7. The third kappa shape index (κ3) is 3.26. The minimum atomic E-state index is -0.544. The van der Waals surface area contributed by atoms with Gasteiger partial charge in [-0.25, -0.2) is 14.3 Å². The molecule has 23 heavy (non-hydrogen) atoms. The molecule has 6 nitrogen and oxygen atoms in total. The van der Waals surface area contributed by atoms with Crippen molar-refractivity contribution in [2.75, 3.05) is 26.1 Å². The topological polar surface area (TPSA) is 52.4 Å². The number of anilines is 1. The van der Waals surface area contributed by atoms with Crippen molar-refractivity contribution in [2.45, 2.75) is 0 Å². The van der Waals surface area contributed by atoms with Gasteiger partial charge in [-0.3, -0.25) is 9.80 Å². The van der Waals surface area contributed by atoms with Gasteiger partial charge in [0.2, 0.25) is 5.84 Å². The molecule has 0 radical (unpaired) electrons. The van der Waals surface area contributed by atoms with Gasteiger partial charge in [0.1, 0.15) is 12.0 Å². The van der Waals surface area contributed by atoms with Crippen LogP contribution in [-0.4, -0.2) is 42.5 Å². The normalized spacial score (nSPS) is 19.5. The van der Waals surface area contributed by atoms with Crippen molar-refractivity contribution in [3.63, 3.8) is 0 Å². The molecule has 0 spiro atoms. The molecule has 120 valence electrons. The van der Waals surface area contributed by atoms with Crippen LogP contribution in [0.3, 0.4) is 0 Å². The summed E-state index contributed by atoms with van der Waals surface area (Å²) in [5.74, 6) is -0.261. The quantitative estimate of drug-likeness (QED) is 0.859. The highest BCUT2D eigenvalue weighted by atomic mass is 35.5. The number of aliphatic imine (C=N–C) groups is 1. The fourth-order valence-corrected chi connectivity index (χ4v) is 2.47. The molecule has 2 heterocycles. The number of carbonyl (C=O) groups excluding carboxylic acids is 1. The summed E-state index contributed by atoms with van der Waals surface area (Å²) in [6, 6.07) is 4.00. The molecule has 0 aromatic heterocycles. The second-order valence-electron chi connectivity index (χ2n) is 5.39. The zero-order chi connectivity index (χ0) is 16.6. The molecule has 1 amide bonds. The predicted octanol–water partition coefficient (Wildman–Crippen LogP) is 0.819. The fraction of sp³-hybridized carbons (Fsp3) is 0.200. The van der Waals surface area contributed by atoms with Crippen LogP contribution >= 0.6 is 11.6 Å². The van der Waals surface area contributed by atoms with E-state index in [0.29, 0.717) is 11.7 Å². The minimum Gasteiger partial charge on any atom is -0.318 e. The Bertz CT molecular complexity index is 743. The Morgan fingerprint density at radius 3 is 3.00 bits per heavy atom. The molecular weight excluding hydrogens is 321 g/mol. The fourth-order valence-electron chi connectivity index (χ4n) is 2.30. The van der Waals surface area contributed by atoms with Crippen molar-refractivity contribution >= 4 is 29.0 Å². The number of amidine groups is 1. The second-order valence-corrected chi connectivity index (χ2v) is 5.83. The number of halogens is 2. The highest BCUT2D eigenvalue weighted by Crippen LogP contribution is 2.20. The maximum Gasteiger partial charge on any atom is 0.280 e. The first-order valence-electron chi connectivity index (χ1n) is 6.99. The van der Waals surface area contributed by atoms with Crippen molar-refractivity contribution in [3.8, 4) is 0 Å². The van der Waals surface area contributed by atoms with Crippen LogP contribution in [0.25, 0.3) is 0 Å². The van der Waals surface area contributed by atoms with Gasteiger partial charge in [0.25, 0.3) is 5.91 Å². The van der Waals surface area contributed by atoms with Crippen molar-refractivity contribution in [2.24, 2.45) is 4.99 Å². The molecule has 0 saturated carbocycles. The van der Waals surface area contributed by atoms with E-state index in [1.54, 1.807) is 6.20 Å². The lowest BCUT2D eigenvalue weighted by atomic mass is 10.3. The van der Waals surface area contributed by atoms with Crippen LogP contribution in [0.1, 0.15) is 0 Å². The molecule has 0 aliphatic carbocycles. The SMILES string of the molecule is CN(C)N1C=CC2=NC(C(=O)Nc3cc(Cl)ccc3F)=C[NH+]2C1. The zero-order valence-electron chi connectivity index (χ0n) is 12.7. The largest absolute Gasteiger partial charge is 0.318 e. The third-order valence-corrected chi connectivity index (χ3v) is 3.78. The Balaban J connectivity index is 1.75. The van der Waals surface area contributed by atoms with E-state index in [2.05, 4.69) is 10.3 Å². The van der Waals surface area contributed by atoms with E-state index in [4.69, 9.17) is 11.6 Å². The smallest absolute Gasteiger partial charge is 0.280 e. The van der Waals surface area contributed by atoms with Crippen LogP contribution in [0, 0.1) is 5.82 Å². The summed E-state index contributed by atoms with van der Waals surface area (Å²) >= 11 is 5.82. The summed E-state index contributed by atoms with van der Waals surface area (Å²) in [4.78, 5) is 17.5. The number of amides is 1. The Hall–Kier alpha value is -2.22. The molecule has 2 aliphatic rings. The number of benzene rings is 1. The number of carbonyl (C=O) groups is 1. The van der Waals surface area contributed by atoms with Crippen LogP contribution in [0.4, 0.5) is 10.1 Å². The van der Waals surface area contributed by atoms with Gasteiger partial charge in [-0.2, -0.15) is 4.99 Å². The number of quaternary nitrogens is 1. The first-order chi connectivity index (χ1) is 10.9. The highest BCUT2D eigenvalue weighted by Gasteiger charge is 2.30. The molecule has 0 bridgehead atoms. The van der Waals surface area contributed by atoms with E-state index >= 15 is 0 Å². The summed E-state index contributed by atoms with van der Waals surface area (Å²) in [5.41, 5.74) is 0.286. The van der Waals surface area contributed by atoms with E-state index < -0.39 is 11.7 Å².